The number of rotatable bonds is 8. The van der Waals surface area contributed by atoms with Gasteiger partial charge >= 0.3 is 0 Å². The molecule has 0 aromatic carbocycles. The first kappa shape index (κ1) is 17.9. The van der Waals surface area contributed by atoms with E-state index >= 15 is 0 Å². The molecule has 110 valence electrons. The van der Waals surface area contributed by atoms with Crippen molar-refractivity contribution in [1.82, 2.24) is 9.62 Å². The monoisotopic (exact) mass is 278 g/mol. The molecule has 1 atom stereocenters. The van der Waals surface area contributed by atoms with Gasteiger partial charge in [-0.3, -0.25) is 0 Å². The van der Waals surface area contributed by atoms with Crippen LogP contribution < -0.4 is 5.32 Å². The smallest absolute Gasteiger partial charge is 0.211 e. The van der Waals surface area contributed by atoms with E-state index in [0.717, 1.165) is 19.4 Å². The van der Waals surface area contributed by atoms with Crippen LogP contribution in [0.15, 0.2) is 0 Å². The second-order valence-electron chi connectivity index (χ2n) is 6.08. The summed E-state index contributed by atoms with van der Waals surface area (Å²) >= 11 is 0. The largest absolute Gasteiger partial charge is 0.314 e. The first-order valence-electron chi connectivity index (χ1n) is 6.68. The highest BCUT2D eigenvalue weighted by molar-refractivity contribution is 7.88. The Labute approximate surface area is 113 Å². The van der Waals surface area contributed by atoms with Crippen LogP contribution in [0.4, 0.5) is 0 Å². The number of hydrogen-bond donors (Lipinski definition) is 1. The van der Waals surface area contributed by atoms with Gasteiger partial charge in [0.2, 0.25) is 10.0 Å². The van der Waals surface area contributed by atoms with Crippen LogP contribution in [0.25, 0.3) is 0 Å². The van der Waals surface area contributed by atoms with Crippen LogP contribution >= 0.6 is 0 Å². The Balaban J connectivity index is 4.62. The van der Waals surface area contributed by atoms with Gasteiger partial charge in [-0.25, -0.2) is 8.42 Å². The SMILES string of the molecule is CCC(CNC(C)C)CC(C)(C)N(C)S(C)(=O)=O. The Morgan fingerprint density at radius 1 is 1.28 bits per heavy atom. The fourth-order valence-electron chi connectivity index (χ4n) is 2.05. The molecule has 0 saturated carbocycles. The van der Waals surface area contributed by atoms with Crippen LogP contribution in [0.2, 0.25) is 0 Å². The summed E-state index contributed by atoms with van der Waals surface area (Å²) in [5.41, 5.74) is -0.340. The van der Waals surface area contributed by atoms with Crippen LogP contribution in [0.5, 0.6) is 0 Å². The van der Waals surface area contributed by atoms with Crippen molar-refractivity contribution in [2.45, 2.75) is 59.0 Å². The predicted molar refractivity (Wildman–Crippen MR) is 78.2 cm³/mol. The fraction of sp³-hybridized carbons (Fsp3) is 1.00. The predicted octanol–water partition coefficient (Wildman–Crippen LogP) is 2.07. The molecule has 0 aliphatic heterocycles. The van der Waals surface area contributed by atoms with Gasteiger partial charge in [0.25, 0.3) is 0 Å². The summed E-state index contributed by atoms with van der Waals surface area (Å²) in [6.45, 7) is 11.3. The lowest BCUT2D eigenvalue weighted by Crippen LogP contribution is -2.46. The molecule has 0 aromatic rings. The van der Waals surface area contributed by atoms with Crippen molar-refractivity contribution in [2.24, 2.45) is 5.92 Å². The van der Waals surface area contributed by atoms with Gasteiger partial charge in [-0.1, -0.05) is 27.2 Å². The van der Waals surface area contributed by atoms with E-state index in [2.05, 4.69) is 26.1 Å². The van der Waals surface area contributed by atoms with E-state index in [9.17, 15) is 8.42 Å². The average molecular weight is 278 g/mol. The molecule has 18 heavy (non-hydrogen) atoms. The molecule has 0 saturated heterocycles. The molecule has 0 aliphatic carbocycles. The lowest BCUT2D eigenvalue weighted by Gasteiger charge is -2.36. The van der Waals surface area contributed by atoms with E-state index in [1.54, 1.807) is 7.05 Å². The Morgan fingerprint density at radius 2 is 1.78 bits per heavy atom. The van der Waals surface area contributed by atoms with E-state index in [0.29, 0.717) is 12.0 Å². The maximum atomic E-state index is 11.6. The van der Waals surface area contributed by atoms with E-state index in [4.69, 9.17) is 0 Å². The second-order valence-corrected chi connectivity index (χ2v) is 8.10. The minimum atomic E-state index is -3.13. The van der Waals surface area contributed by atoms with Crippen LogP contribution in [-0.2, 0) is 10.0 Å². The maximum absolute atomic E-state index is 11.6. The summed E-state index contributed by atoms with van der Waals surface area (Å²) in [5, 5.41) is 3.43. The zero-order valence-corrected chi connectivity index (χ0v) is 13.8. The molecule has 5 heteroatoms. The molecule has 0 aliphatic rings. The molecule has 1 N–H and O–H groups in total. The highest BCUT2D eigenvalue weighted by Crippen LogP contribution is 2.25. The van der Waals surface area contributed by atoms with Crippen LogP contribution in [0.3, 0.4) is 0 Å². The molecular formula is C13H30N2O2S. The van der Waals surface area contributed by atoms with Crippen molar-refractivity contribution >= 4 is 10.0 Å². The van der Waals surface area contributed by atoms with Gasteiger partial charge in [0.1, 0.15) is 0 Å². The normalized spacial score (nSPS) is 15.4. The first-order chi connectivity index (χ1) is 8.00. The molecular weight excluding hydrogens is 248 g/mol. The third-order valence-corrected chi connectivity index (χ3v) is 5.02. The van der Waals surface area contributed by atoms with Gasteiger partial charge < -0.3 is 5.32 Å². The van der Waals surface area contributed by atoms with Crippen LogP contribution in [0, 0.1) is 5.92 Å². The van der Waals surface area contributed by atoms with Crippen LogP contribution in [-0.4, -0.2) is 44.2 Å². The Hall–Kier alpha value is -0.130. The summed E-state index contributed by atoms with van der Waals surface area (Å²) < 4.78 is 24.7. The maximum Gasteiger partial charge on any atom is 0.211 e. The Bertz CT molecular complexity index is 337. The second kappa shape index (κ2) is 6.87. The topological polar surface area (TPSA) is 49.4 Å². The van der Waals surface area contributed by atoms with Gasteiger partial charge in [0.05, 0.1) is 6.26 Å². The van der Waals surface area contributed by atoms with Crippen molar-refractivity contribution in [3.05, 3.63) is 0 Å². The lowest BCUT2D eigenvalue weighted by molar-refractivity contribution is 0.205. The zero-order valence-electron chi connectivity index (χ0n) is 12.9. The summed E-state index contributed by atoms with van der Waals surface area (Å²) in [5.74, 6) is 0.492. The average Bonchev–Trinajstić information content (AvgIpc) is 2.21. The lowest BCUT2D eigenvalue weighted by atomic mass is 9.89. The molecule has 0 bridgehead atoms. The van der Waals surface area contributed by atoms with E-state index in [1.807, 2.05) is 13.8 Å². The summed E-state index contributed by atoms with van der Waals surface area (Å²) in [6, 6.07) is 0.467. The summed E-state index contributed by atoms with van der Waals surface area (Å²) in [4.78, 5) is 0. The van der Waals surface area contributed by atoms with E-state index in [1.165, 1.54) is 10.6 Å². The Kier molecular flexibility index (Phi) is 6.82. The van der Waals surface area contributed by atoms with Crippen molar-refractivity contribution in [3.63, 3.8) is 0 Å². The molecule has 0 heterocycles. The third kappa shape index (κ3) is 6.16. The molecule has 0 aromatic heterocycles. The van der Waals surface area contributed by atoms with Gasteiger partial charge in [-0.05, 0) is 32.7 Å². The van der Waals surface area contributed by atoms with Gasteiger partial charge in [-0.2, -0.15) is 4.31 Å². The minimum absolute atomic E-state index is 0.340. The third-order valence-electron chi connectivity index (χ3n) is 3.53. The summed E-state index contributed by atoms with van der Waals surface area (Å²) in [6.07, 6.45) is 3.19. The molecule has 0 amide bonds. The number of sulfonamides is 1. The highest BCUT2D eigenvalue weighted by atomic mass is 32.2. The molecule has 0 rings (SSSR count). The molecule has 0 spiro atoms. The number of nitrogens with one attached hydrogen (secondary N) is 1. The molecule has 0 radical (unpaired) electrons. The fourth-order valence-corrected chi connectivity index (χ4v) is 3.02. The zero-order chi connectivity index (χ0) is 14.6. The standard InChI is InChI=1S/C13H30N2O2S/c1-8-12(10-14-11(2)3)9-13(4,5)15(6)18(7,16)17/h11-12,14H,8-10H2,1-7H3. The van der Waals surface area contributed by atoms with Crippen molar-refractivity contribution in [1.29, 1.82) is 0 Å². The first-order valence-corrected chi connectivity index (χ1v) is 8.53. The quantitative estimate of drug-likeness (QED) is 0.739. The number of nitrogens with zero attached hydrogens (tertiary/aromatic N) is 1. The van der Waals surface area contributed by atoms with E-state index < -0.39 is 10.0 Å². The molecule has 4 nitrogen and oxygen atoms in total. The number of hydrogen-bond acceptors (Lipinski definition) is 3. The molecule has 1 unspecified atom stereocenters. The van der Waals surface area contributed by atoms with Gasteiger partial charge in [0.15, 0.2) is 0 Å². The van der Waals surface area contributed by atoms with Crippen molar-refractivity contribution in [3.8, 4) is 0 Å². The van der Waals surface area contributed by atoms with E-state index in [-0.39, 0.29) is 5.54 Å². The highest BCUT2D eigenvalue weighted by Gasteiger charge is 2.32. The molecule has 0 fully saturated rings. The van der Waals surface area contributed by atoms with Crippen LogP contribution in [0.1, 0.15) is 47.5 Å². The minimum Gasteiger partial charge on any atom is -0.314 e. The van der Waals surface area contributed by atoms with Gasteiger partial charge in [-0.15, -0.1) is 0 Å². The summed E-state index contributed by atoms with van der Waals surface area (Å²) in [7, 11) is -1.47. The van der Waals surface area contributed by atoms with Crippen molar-refractivity contribution < 1.29 is 8.42 Å². The van der Waals surface area contributed by atoms with Crippen molar-refractivity contribution in [2.75, 3.05) is 19.8 Å². The Morgan fingerprint density at radius 3 is 2.11 bits per heavy atom. The van der Waals surface area contributed by atoms with Gasteiger partial charge in [0, 0.05) is 18.6 Å².